The van der Waals surface area contributed by atoms with Gasteiger partial charge in [0, 0.05) is 31.7 Å². The lowest BCUT2D eigenvalue weighted by molar-refractivity contribution is -0.137. The van der Waals surface area contributed by atoms with Crippen LogP contribution in [0.3, 0.4) is 0 Å². The Hall–Kier alpha value is -2.96. The zero-order chi connectivity index (χ0) is 26.1. The predicted molar refractivity (Wildman–Crippen MR) is 123 cm³/mol. The van der Waals surface area contributed by atoms with Crippen LogP contribution in [0.25, 0.3) is 0 Å². The Kier molecular flexibility index (Phi) is 7.39. The number of likely N-dealkylation sites (tertiary alicyclic amines) is 1. The van der Waals surface area contributed by atoms with Crippen molar-refractivity contribution in [2.45, 2.75) is 49.0 Å². The lowest BCUT2D eigenvalue weighted by atomic mass is 10.1. The second kappa shape index (κ2) is 10.2. The van der Waals surface area contributed by atoms with E-state index in [1.54, 1.807) is 0 Å². The minimum absolute atomic E-state index is 0.00488. The number of hydrogen-bond acceptors (Lipinski definition) is 5. The molecule has 2 atom stereocenters. The average Bonchev–Trinajstić information content (AvgIpc) is 3.51. The van der Waals surface area contributed by atoms with Crippen LogP contribution in [0.1, 0.15) is 40.7 Å². The summed E-state index contributed by atoms with van der Waals surface area (Å²) in [4.78, 5) is 27.3. The molecule has 2 aliphatic heterocycles. The number of benzene rings is 2. The van der Waals surface area contributed by atoms with Crippen LogP contribution < -0.4 is 5.32 Å². The Labute approximate surface area is 206 Å². The van der Waals surface area contributed by atoms with Crippen molar-refractivity contribution in [1.82, 2.24) is 14.5 Å². The largest absolute Gasteiger partial charge is 0.416 e. The predicted octanol–water partition coefficient (Wildman–Crippen LogP) is 2.38. The summed E-state index contributed by atoms with van der Waals surface area (Å²) in [6.45, 7) is 0.500. The lowest BCUT2D eigenvalue weighted by Crippen LogP contribution is -2.45. The van der Waals surface area contributed by atoms with Crippen LogP contribution in [-0.4, -0.2) is 66.3 Å². The van der Waals surface area contributed by atoms with Crippen molar-refractivity contribution in [2.75, 3.05) is 19.6 Å². The molecule has 194 valence electrons. The molecular weight excluding hydrogens is 499 g/mol. The molecule has 8 nitrogen and oxygen atoms in total. The number of halogens is 3. The van der Waals surface area contributed by atoms with Gasteiger partial charge < -0.3 is 15.3 Å². The van der Waals surface area contributed by atoms with Gasteiger partial charge >= 0.3 is 6.18 Å². The Balaban J connectivity index is 1.43. The number of rotatable bonds is 6. The van der Waals surface area contributed by atoms with E-state index >= 15 is 0 Å². The highest BCUT2D eigenvalue weighted by Crippen LogP contribution is 2.29. The average molecular weight is 526 g/mol. The van der Waals surface area contributed by atoms with E-state index in [0.717, 1.165) is 12.1 Å². The van der Waals surface area contributed by atoms with Gasteiger partial charge in [-0.2, -0.15) is 17.5 Å². The number of nitrogens with zero attached hydrogens (tertiary/aromatic N) is 2. The van der Waals surface area contributed by atoms with E-state index in [9.17, 15) is 36.3 Å². The quantitative estimate of drug-likeness (QED) is 0.603. The standard InChI is InChI=1S/C24H26F3N3O5S/c25-24(26,27)18-8-6-16(7-9-18)14-28-22(32)21-5-2-11-30(21)23(33)17-3-1-4-20(13-17)36(34,35)29-12-10-19(31)15-29/h1,3-4,6-9,13,19,21,31H,2,5,10-12,14-15H2,(H,28,32)/t19?,21-/m1/s1. The van der Waals surface area contributed by atoms with Gasteiger partial charge in [0.15, 0.2) is 0 Å². The van der Waals surface area contributed by atoms with Crippen molar-refractivity contribution < 1.29 is 36.3 Å². The van der Waals surface area contributed by atoms with Crippen LogP contribution in [0.4, 0.5) is 13.2 Å². The summed E-state index contributed by atoms with van der Waals surface area (Å²) >= 11 is 0. The Morgan fingerprint density at radius 2 is 1.78 bits per heavy atom. The summed E-state index contributed by atoms with van der Waals surface area (Å²) in [6, 6.07) is 9.28. The van der Waals surface area contributed by atoms with E-state index in [1.165, 1.54) is 45.6 Å². The normalized spacial score (nSPS) is 21.1. The summed E-state index contributed by atoms with van der Waals surface area (Å²) in [7, 11) is -3.88. The molecule has 0 saturated carbocycles. The maximum absolute atomic E-state index is 13.2. The molecule has 0 spiro atoms. The molecule has 2 saturated heterocycles. The first-order valence-corrected chi connectivity index (χ1v) is 12.9. The molecule has 2 amide bonds. The van der Waals surface area contributed by atoms with Crippen LogP contribution in [-0.2, 0) is 27.5 Å². The number of β-amino-alcohol motifs (C(OH)–C–C–N with tert-alkyl or cyclic N) is 1. The Morgan fingerprint density at radius 3 is 2.42 bits per heavy atom. The van der Waals surface area contributed by atoms with Gasteiger partial charge in [-0.1, -0.05) is 18.2 Å². The number of carbonyl (C=O) groups is 2. The van der Waals surface area contributed by atoms with E-state index in [0.29, 0.717) is 31.4 Å². The van der Waals surface area contributed by atoms with Crippen molar-refractivity contribution in [3.63, 3.8) is 0 Å². The smallest absolute Gasteiger partial charge is 0.392 e. The fourth-order valence-electron chi connectivity index (χ4n) is 4.43. The van der Waals surface area contributed by atoms with Crippen molar-refractivity contribution >= 4 is 21.8 Å². The molecule has 36 heavy (non-hydrogen) atoms. The van der Waals surface area contributed by atoms with Crippen molar-refractivity contribution in [3.8, 4) is 0 Å². The van der Waals surface area contributed by atoms with Gasteiger partial charge in [-0.05, 0) is 55.2 Å². The highest BCUT2D eigenvalue weighted by Gasteiger charge is 2.36. The molecule has 0 aliphatic carbocycles. The van der Waals surface area contributed by atoms with Crippen molar-refractivity contribution in [2.24, 2.45) is 0 Å². The fraction of sp³-hybridized carbons (Fsp3) is 0.417. The van der Waals surface area contributed by atoms with Crippen LogP contribution in [0, 0.1) is 0 Å². The monoisotopic (exact) mass is 525 g/mol. The molecule has 2 aromatic rings. The number of sulfonamides is 1. The molecule has 2 N–H and O–H groups in total. The van der Waals surface area contributed by atoms with Crippen molar-refractivity contribution in [1.29, 1.82) is 0 Å². The van der Waals surface area contributed by atoms with Crippen LogP contribution in [0.15, 0.2) is 53.4 Å². The maximum atomic E-state index is 13.2. The van der Waals surface area contributed by atoms with Crippen LogP contribution in [0.5, 0.6) is 0 Å². The molecule has 0 radical (unpaired) electrons. The van der Waals surface area contributed by atoms with E-state index in [1.807, 2.05) is 0 Å². The molecule has 0 aromatic heterocycles. The van der Waals surface area contributed by atoms with Crippen molar-refractivity contribution in [3.05, 3.63) is 65.2 Å². The molecule has 2 heterocycles. The number of carbonyl (C=O) groups excluding carboxylic acids is 2. The second-order valence-electron chi connectivity index (χ2n) is 8.90. The molecule has 1 unspecified atom stereocenters. The third-order valence-corrected chi connectivity index (χ3v) is 8.27. The SMILES string of the molecule is O=C(NCc1ccc(C(F)(F)F)cc1)[C@H]1CCCN1C(=O)c1cccc(S(=O)(=O)N2CCC(O)C2)c1. The molecular formula is C24H26F3N3O5S. The molecule has 2 aromatic carbocycles. The summed E-state index contributed by atoms with van der Waals surface area (Å²) < 4.78 is 65.2. The number of amides is 2. The zero-order valence-corrected chi connectivity index (χ0v) is 20.1. The first-order valence-electron chi connectivity index (χ1n) is 11.5. The summed E-state index contributed by atoms with van der Waals surface area (Å²) in [5.41, 5.74) is -0.175. The van der Waals surface area contributed by atoms with Crippen LogP contribution in [0.2, 0.25) is 0 Å². The molecule has 0 bridgehead atoms. The van der Waals surface area contributed by atoms with E-state index < -0.39 is 45.7 Å². The number of aliphatic hydroxyl groups excluding tert-OH is 1. The van der Waals surface area contributed by atoms with Gasteiger partial charge in [0.1, 0.15) is 6.04 Å². The van der Waals surface area contributed by atoms with Gasteiger partial charge in [0.05, 0.1) is 16.6 Å². The van der Waals surface area contributed by atoms with Gasteiger partial charge in [0.25, 0.3) is 5.91 Å². The van der Waals surface area contributed by atoms with E-state index in [4.69, 9.17) is 0 Å². The molecule has 2 fully saturated rings. The fourth-order valence-corrected chi connectivity index (χ4v) is 5.97. The van der Waals surface area contributed by atoms with Gasteiger partial charge in [-0.25, -0.2) is 8.42 Å². The van der Waals surface area contributed by atoms with E-state index in [-0.39, 0.29) is 30.1 Å². The first-order chi connectivity index (χ1) is 17.0. The lowest BCUT2D eigenvalue weighted by Gasteiger charge is -2.24. The van der Waals surface area contributed by atoms with Gasteiger partial charge in [0.2, 0.25) is 15.9 Å². The molecule has 2 aliphatic rings. The third kappa shape index (κ3) is 5.55. The summed E-state index contributed by atoms with van der Waals surface area (Å²) in [5, 5.41) is 12.4. The number of hydrogen-bond donors (Lipinski definition) is 2. The van der Waals surface area contributed by atoms with Gasteiger partial charge in [-0.3, -0.25) is 9.59 Å². The number of aliphatic hydroxyl groups is 1. The highest BCUT2D eigenvalue weighted by molar-refractivity contribution is 7.89. The zero-order valence-electron chi connectivity index (χ0n) is 19.2. The molecule has 12 heteroatoms. The topological polar surface area (TPSA) is 107 Å². The second-order valence-corrected chi connectivity index (χ2v) is 10.8. The first kappa shape index (κ1) is 26.1. The highest BCUT2D eigenvalue weighted by atomic mass is 32.2. The Morgan fingerprint density at radius 1 is 1.06 bits per heavy atom. The minimum atomic E-state index is -4.45. The van der Waals surface area contributed by atoms with Gasteiger partial charge in [-0.15, -0.1) is 0 Å². The van der Waals surface area contributed by atoms with Crippen LogP contribution >= 0.6 is 0 Å². The van der Waals surface area contributed by atoms with E-state index in [2.05, 4.69) is 5.32 Å². The number of nitrogens with one attached hydrogen (secondary N) is 1. The summed E-state index contributed by atoms with van der Waals surface area (Å²) in [6.07, 6.45) is -3.84. The summed E-state index contributed by atoms with van der Waals surface area (Å²) in [5.74, 6) is -0.920. The number of alkyl halides is 3. The Bertz CT molecular complexity index is 1230. The third-order valence-electron chi connectivity index (χ3n) is 6.41. The maximum Gasteiger partial charge on any atom is 0.416 e. The molecule has 4 rings (SSSR count). The minimum Gasteiger partial charge on any atom is -0.392 e.